The third-order valence-electron chi connectivity index (χ3n) is 4.80. The highest BCUT2D eigenvalue weighted by atomic mass is 16.2. The van der Waals surface area contributed by atoms with Gasteiger partial charge in [0.2, 0.25) is 11.8 Å². The van der Waals surface area contributed by atoms with E-state index >= 15 is 0 Å². The molecule has 5 heteroatoms. The van der Waals surface area contributed by atoms with Gasteiger partial charge in [-0.25, -0.2) is 0 Å². The van der Waals surface area contributed by atoms with Gasteiger partial charge in [0, 0.05) is 44.2 Å². The lowest BCUT2D eigenvalue weighted by Gasteiger charge is -2.42. The summed E-state index contributed by atoms with van der Waals surface area (Å²) < 4.78 is 0. The molecule has 0 aromatic heterocycles. The zero-order valence-corrected chi connectivity index (χ0v) is 13.0. The van der Waals surface area contributed by atoms with Gasteiger partial charge in [0.25, 0.3) is 0 Å². The molecule has 3 rings (SSSR count). The lowest BCUT2D eigenvalue weighted by Crippen LogP contribution is -2.52. The van der Waals surface area contributed by atoms with Crippen LogP contribution in [0.4, 0.5) is 5.69 Å². The number of carbonyl (C=O) groups is 2. The smallest absolute Gasteiger partial charge is 0.222 e. The molecule has 118 valence electrons. The molecular weight excluding hydrogens is 278 g/mol. The van der Waals surface area contributed by atoms with Crippen LogP contribution in [0.15, 0.2) is 24.3 Å². The van der Waals surface area contributed by atoms with Crippen LogP contribution < -0.4 is 10.6 Å². The van der Waals surface area contributed by atoms with Crippen molar-refractivity contribution in [2.45, 2.75) is 38.1 Å². The summed E-state index contributed by atoms with van der Waals surface area (Å²) in [6, 6.07) is 8.26. The molecule has 0 saturated carbocycles. The monoisotopic (exact) mass is 301 g/mol. The summed E-state index contributed by atoms with van der Waals surface area (Å²) >= 11 is 0. The molecule has 0 radical (unpaired) electrons. The highest BCUT2D eigenvalue weighted by Crippen LogP contribution is 2.32. The average molecular weight is 301 g/mol. The number of likely N-dealkylation sites (tertiary alicyclic amines) is 1. The third-order valence-corrected chi connectivity index (χ3v) is 4.80. The van der Waals surface area contributed by atoms with Crippen molar-refractivity contribution in [3.05, 3.63) is 29.8 Å². The van der Waals surface area contributed by atoms with Gasteiger partial charge in [-0.15, -0.1) is 0 Å². The van der Waals surface area contributed by atoms with Crippen LogP contribution in [0.1, 0.15) is 31.7 Å². The molecule has 2 aliphatic rings. The molecule has 0 unspecified atom stereocenters. The van der Waals surface area contributed by atoms with Crippen molar-refractivity contribution in [1.29, 1.82) is 0 Å². The van der Waals surface area contributed by atoms with Gasteiger partial charge < -0.3 is 15.5 Å². The van der Waals surface area contributed by atoms with Crippen molar-refractivity contribution in [1.82, 2.24) is 10.2 Å². The van der Waals surface area contributed by atoms with Crippen LogP contribution in [-0.2, 0) is 16.0 Å². The number of fused-ring (bicyclic) bond motifs is 1. The summed E-state index contributed by atoms with van der Waals surface area (Å²) in [7, 11) is 0. The summed E-state index contributed by atoms with van der Waals surface area (Å²) in [4.78, 5) is 25.6. The first-order valence-corrected chi connectivity index (χ1v) is 7.96. The van der Waals surface area contributed by atoms with Crippen LogP contribution in [0.2, 0.25) is 0 Å². The van der Waals surface area contributed by atoms with Gasteiger partial charge in [-0.2, -0.15) is 0 Å². The molecule has 1 spiro atoms. The van der Waals surface area contributed by atoms with Crippen molar-refractivity contribution in [3.63, 3.8) is 0 Å². The molecule has 0 bridgehead atoms. The Morgan fingerprint density at radius 1 is 1.23 bits per heavy atom. The van der Waals surface area contributed by atoms with Gasteiger partial charge in [-0.3, -0.25) is 9.59 Å². The van der Waals surface area contributed by atoms with E-state index in [1.165, 1.54) is 5.56 Å². The Morgan fingerprint density at radius 3 is 2.68 bits per heavy atom. The summed E-state index contributed by atoms with van der Waals surface area (Å²) in [6.45, 7) is 3.69. The number of piperidine rings is 1. The Labute approximate surface area is 131 Å². The SMILES string of the molecule is CC(=O)N1CCC2(CC1)CC(=O)NCCc1ccccc1N2. The minimum Gasteiger partial charge on any atom is -0.379 e. The number of amides is 2. The molecule has 1 saturated heterocycles. The number of benzene rings is 1. The van der Waals surface area contributed by atoms with E-state index in [1.54, 1.807) is 6.92 Å². The Morgan fingerprint density at radius 2 is 1.95 bits per heavy atom. The second-order valence-corrected chi connectivity index (χ2v) is 6.35. The molecule has 1 aromatic rings. The fraction of sp³-hybridized carbons (Fsp3) is 0.529. The molecule has 5 nitrogen and oxygen atoms in total. The van der Waals surface area contributed by atoms with E-state index in [-0.39, 0.29) is 17.4 Å². The summed E-state index contributed by atoms with van der Waals surface area (Å²) in [5, 5.41) is 6.66. The Balaban J connectivity index is 1.86. The summed E-state index contributed by atoms with van der Waals surface area (Å²) in [5.74, 6) is 0.208. The molecule has 0 atom stereocenters. The molecule has 2 aliphatic heterocycles. The highest BCUT2D eigenvalue weighted by Gasteiger charge is 2.38. The van der Waals surface area contributed by atoms with Gasteiger partial charge in [0.05, 0.1) is 0 Å². The zero-order valence-electron chi connectivity index (χ0n) is 13.0. The van der Waals surface area contributed by atoms with E-state index in [4.69, 9.17) is 0 Å². The Bertz CT molecular complexity index is 577. The number of nitrogens with one attached hydrogen (secondary N) is 2. The van der Waals surface area contributed by atoms with Crippen molar-refractivity contribution in [2.24, 2.45) is 0 Å². The number of rotatable bonds is 0. The van der Waals surface area contributed by atoms with Crippen molar-refractivity contribution in [2.75, 3.05) is 25.0 Å². The van der Waals surface area contributed by atoms with Crippen LogP contribution in [0.5, 0.6) is 0 Å². The quantitative estimate of drug-likeness (QED) is 0.764. The van der Waals surface area contributed by atoms with Crippen LogP contribution in [0.25, 0.3) is 0 Å². The number of nitrogens with zero attached hydrogens (tertiary/aromatic N) is 1. The van der Waals surface area contributed by atoms with Crippen LogP contribution in [0.3, 0.4) is 0 Å². The first kappa shape index (κ1) is 14.9. The maximum atomic E-state index is 12.2. The van der Waals surface area contributed by atoms with Gasteiger partial charge in [-0.05, 0) is 30.9 Å². The molecule has 2 N–H and O–H groups in total. The van der Waals surface area contributed by atoms with E-state index in [0.717, 1.165) is 24.9 Å². The lowest BCUT2D eigenvalue weighted by atomic mass is 9.83. The molecular formula is C17H23N3O2. The van der Waals surface area contributed by atoms with E-state index in [0.29, 0.717) is 26.1 Å². The van der Waals surface area contributed by atoms with Crippen molar-refractivity contribution >= 4 is 17.5 Å². The standard InChI is InChI=1S/C17H23N3O2/c1-13(21)20-10-7-17(8-11-20)12-16(22)18-9-6-14-4-2-3-5-15(14)19-17/h2-5,19H,6-12H2,1H3,(H,18,22). The van der Waals surface area contributed by atoms with E-state index in [9.17, 15) is 9.59 Å². The molecule has 1 fully saturated rings. The molecule has 2 heterocycles. The van der Waals surface area contributed by atoms with Crippen LogP contribution in [-0.4, -0.2) is 41.9 Å². The van der Waals surface area contributed by atoms with E-state index < -0.39 is 0 Å². The van der Waals surface area contributed by atoms with Crippen molar-refractivity contribution in [3.8, 4) is 0 Å². The summed E-state index contributed by atoms with van der Waals surface area (Å²) in [6.07, 6.45) is 2.90. The molecule has 2 amide bonds. The van der Waals surface area contributed by atoms with E-state index in [2.05, 4.69) is 22.8 Å². The average Bonchev–Trinajstić information content (AvgIpc) is 2.55. The number of hydrogen-bond acceptors (Lipinski definition) is 3. The maximum absolute atomic E-state index is 12.2. The van der Waals surface area contributed by atoms with Gasteiger partial charge in [-0.1, -0.05) is 18.2 Å². The number of carbonyl (C=O) groups excluding carboxylic acids is 2. The Hall–Kier alpha value is -2.04. The fourth-order valence-corrected chi connectivity index (χ4v) is 3.45. The molecule has 22 heavy (non-hydrogen) atoms. The Kier molecular flexibility index (Phi) is 4.05. The maximum Gasteiger partial charge on any atom is 0.222 e. The predicted molar refractivity (Wildman–Crippen MR) is 85.6 cm³/mol. The lowest BCUT2D eigenvalue weighted by molar-refractivity contribution is -0.130. The predicted octanol–water partition coefficient (Wildman–Crippen LogP) is 1.54. The molecule has 0 aliphatic carbocycles. The topological polar surface area (TPSA) is 61.4 Å². The largest absolute Gasteiger partial charge is 0.379 e. The third kappa shape index (κ3) is 3.08. The van der Waals surface area contributed by atoms with Crippen LogP contribution in [0, 0.1) is 0 Å². The normalized spacial score (nSPS) is 21.0. The zero-order chi connectivity index (χ0) is 15.6. The number of para-hydroxylation sites is 1. The van der Waals surface area contributed by atoms with Gasteiger partial charge in [0.1, 0.15) is 0 Å². The van der Waals surface area contributed by atoms with Gasteiger partial charge in [0.15, 0.2) is 0 Å². The second kappa shape index (κ2) is 5.99. The van der Waals surface area contributed by atoms with E-state index in [1.807, 2.05) is 17.0 Å². The minimum absolute atomic E-state index is 0.0941. The first-order valence-electron chi connectivity index (χ1n) is 7.96. The summed E-state index contributed by atoms with van der Waals surface area (Å²) in [5.41, 5.74) is 2.10. The number of anilines is 1. The van der Waals surface area contributed by atoms with Crippen molar-refractivity contribution < 1.29 is 9.59 Å². The minimum atomic E-state index is -0.253. The first-order chi connectivity index (χ1) is 10.6. The number of hydrogen-bond donors (Lipinski definition) is 2. The fourth-order valence-electron chi connectivity index (χ4n) is 3.45. The second-order valence-electron chi connectivity index (χ2n) is 6.35. The van der Waals surface area contributed by atoms with Gasteiger partial charge >= 0.3 is 0 Å². The van der Waals surface area contributed by atoms with Crippen LogP contribution >= 0.6 is 0 Å². The highest BCUT2D eigenvalue weighted by molar-refractivity contribution is 5.79. The molecule has 1 aromatic carbocycles.